The van der Waals surface area contributed by atoms with Gasteiger partial charge in [0, 0.05) is 27.2 Å². The first-order valence-corrected chi connectivity index (χ1v) is 5.41. The second kappa shape index (κ2) is 4.78. The van der Waals surface area contributed by atoms with Crippen molar-refractivity contribution in [2.75, 3.05) is 33.7 Å². The highest BCUT2D eigenvalue weighted by Crippen LogP contribution is 2.20. The van der Waals surface area contributed by atoms with Gasteiger partial charge in [-0.1, -0.05) is 13.8 Å². The van der Waals surface area contributed by atoms with Crippen molar-refractivity contribution in [3.8, 4) is 0 Å². The van der Waals surface area contributed by atoms with E-state index in [1.54, 1.807) is 4.90 Å². The summed E-state index contributed by atoms with van der Waals surface area (Å²) < 4.78 is 0. The van der Waals surface area contributed by atoms with Gasteiger partial charge in [0.2, 0.25) is 5.91 Å². The molecule has 3 heteroatoms. The van der Waals surface area contributed by atoms with Crippen LogP contribution >= 0.6 is 0 Å². The van der Waals surface area contributed by atoms with Gasteiger partial charge in [-0.3, -0.25) is 9.69 Å². The van der Waals surface area contributed by atoms with Gasteiger partial charge in [-0.15, -0.1) is 0 Å². The summed E-state index contributed by atoms with van der Waals surface area (Å²) in [7, 11) is 3.64. The molecule has 2 unspecified atom stereocenters. The standard InChI is InChI=1S/C11H22N2O/c1-9-5-10(2)7-13(6-9)8-11(14)12(3)4/h9-10H,5-8H2,1-4H3. The zero-order valence-corrected chi connectivity index (χ0v) is 9.79. The van der Waals surface area contributed by atoms with Gasteiger partial charge in [-0.2, -0.15) is 0 Å². The van der Waals surface area contributed by atoms with E-state index >= 15 is 0 Å². The monoisotopic (exact) mass is 198 g/mol. The maximum absolute atomic E-state index is 11.5. The van der Waals surface area contributed by atoms with Crippen molar-refractivity contribution in [2.24, 2.45) is 11.8 Å². The number of piperidine rings is 1. The van der Waals surface area contributed by atoms with Crippen LogP contribution in [-0.4, -0.2) is 49.4 Å². The number of carbonyl (C=O) groups excluding carboxylic acids is 1. The van der Waals surface area contributed by atoms with Crippen LogP contribution in [0.15, 0.2) is 0 Å². The summed E-state index contributed by atoms with van der Waals surface area (Å²) in [5.41, 5.74) is 0. The molecule has 1 aliphatic heterocycles. The Morgan fingerprint density at radius 3 is 2.21 bits per heavy atom. The molecule has 0 aliphatic carbocycles. The second-order valence-corrected chi connectivity index (χ2v) is 4.93. The van der Waals surface area contributed by atoms with E-state index in [-0.39, 0.29) is 5.91 Å². The van der Waals surface area contributed by atoms with Crippen LogP contribution in [0.1, 0.15) is 20.3 Å². The van der Waals surface area contributed by atoms with Gasteiger partial charge >= 0.3 is 0 Å². The van der Waals surface area contributed by atoms with E-state index in [0.29, 0.717) is 6.54 Å². The van der Waals surface area contributed by atoms with Gasteiger partial charge in [-0.05, 0) is 18.3 Å². The Morgan fingerprint density at radius 2 is 1.79 bits per heavy atom. The summed E-state index contributed by atoms with van der Waals surface area (Å²) in [6.07, 6.45) is 1.30. The van der Waals surface area contributed by atoms with Gasteiger partial charge in [0.15, 0.2) is 0 Å². The molecule has 0 aromatic heterocycles. The lowest BCUT2D eigenvalue weighted by Gasteiger charge is -2.34. The first-order chi connectivity index (χ1) is 6.49. The molecule has 0 radical (unpaired) electrons. The fourth-order valence-corrected chi connectivity index (χ4v) is 2.25. The molecule has 14 heavy (non-hydrogen) atoms. The number of amides is 1. The smallest absolute Gasteiger partial charge is 0.236 e. The highest BCUT2D eigenvalue weighted by atomic mass is 16.2. The average Bonchev–Trinajstić information content (AvgIpc) is 2.01. The predicted molar refractivity (Wildman–Crippen MR) is 58.1 cm³/mol. The van der Waals surface area contributed by atoms with Crippen LogP contribution in [0.5, 0.6) is 0 Å². The number of hydrogen-bond donors (Lipinski definition) is 0. The molecule has 0 saturated carbocycles. The van der Waals surface area contributed by atoms with Gasteiger partial charge in [0.05, 0.1) is 6.54 Å². The Labute approximate surface area is 87.1 Å². The number of likely N-dealkylation sites (tertiary alicyclic amines) is 1. The average molecular weight is 198 g/mol. The molecule has 1 aliphatic rings. The van der Waals surface area contributed by atoms with Crippen molar-refractivity contribution < 1.29 is 4.79 Å². The van der Waals surface area contributed by atoms with Gasteiger partial charge in [0.25, 0.3) is 0 Å². The van der Waals surface area contributed by atoms with Crippen LogP contribution in [0.4, 0.5) is 0 Å². The fraction of sp³-hybridized carbons (Fsp3) is 0.909. The van der Waals surface area contributed by atoms with Crippen molar-refractivity contribution in [3.63, 3.8) is 0 Å². The van der Waals surface area contributed by atoms with E-state index in [9.17, 15) is 4.79 Å². The van der Waals surface area contributed by atoms with Crippen molar-refractivity contribution in [1.82, 2.24) is 9.80 Å². The molecule has 0 aromatic carbocycles. The molecule has 1 saturated heterocycles. The summed E-state index contributed by atoms with van der Waals surface area (Å²) in [6.45, 7) is 7.26. The molecule has 0 spiro atoms. The molecule has 1 heterocycles. The predicted octanol–water partition coefficient (Wildman–Crippen LogP) is 1.05. The third-order valence-corrected chi connectivity index (χ3v) is 2.80. The molecule has 1 rings (SSSR count). The van der Waals surface area contributed by atoms with Crippen molar-refractivity contribution >= 4 is 5.91 Å². The largest absolute Gasteiger partial charge is 0.348 e. The Morgan fingerprint density at radius 1 is 1.29 bits per heavy atom. The summed E-state index contributed by atoms with van der Waals surface area (Å²) in [6, 6.07) is 0. The summed E-state index contributed by atoms with van der Waals surface area (Å²) in [5.74, 6) is 1.67. The van der Waals surface area contributed by atoms with Gasteiger partial charge in [-0.25, -0.2) is 0 Å². The van der Waals surface area contributed by atoms with E-state index in [1.165, 1.54) is 6.42 Å². The molecule has 3 nitrogen and oxygen atoms in total. The second-order valence-electron chi connectivity index (χ2n) is 4.93. The third kappa shape index (κ3) is 3.29. The number of likely N-dealkylation sites (N-methyl/N-ethyl adjacent to an activating group) is 1. The first kappa shape index (κ1) is 11.5. The van der Waals surface area contributed by atoms with Crippen LogP contribution < -0.4 is 0 Å². The summed E-state index contributed by atoms with van der Waals surface area (Å²) in [5, 5.41) is 0. The summed E-state index contributed by atoms with van der Waals surface area (Å²) in [4.78, 5) is 15.5. The molecule has 82 valence electrons. The minimum absolute atomic E-state index is 0.214. The molecule has 0 N–H and O–H groups in total. The minimum atomic E-state index is 0.214. The van der Waals surface area contributed by atoms with E-state index in [1.807, 2.05) is 14.1 Å². The topological polar surface area (TPSA) is 23.6 Å². The molecule has 0 aromatic rings. The zero-order valence-electron chi connectivity index (χ0n) is 9.79. The number of rotatable bonds is 2. The first-order valence-electron chi connectivity index (χ1n) is 5.41. The maximum Gasteiger partial charge on any atom is 0.236 e. The molecule has 1 fully saturated rings. The molecule has 0 bridgehead atoms. The summed E-state index contributed by atoms with van der Waals surface area (Å²) >= 11 is 0. The Bertz CT molecular complexity index is 193. The van der Waals surface area contributed by atoms with Crippen molar-refractivity contribution in [3.05, 3.63) is 0 Å². The van der Waals surface area contributed by atoms with Gasteiger partial charge < -0.3 is 4.90 Å². The highest BCUT2D eigenvalue weighted by molar-refractivity contribution is 5.77. The van der Waals surface area contributed by atoms with Crippen LogP contribution in [0.25, 0.3) is 0 Å². The van der Waals surface area contributed by atoms with Crippen molar-refractivity contribution in [1.29, 1.82) is 0 Å². The van der Waals surface area contributed by atoms with E-state index in [4.69, 9.17) is 0 Å². The highest BCUT2D eigenvalue weighted by Gasteiger charge is 2.23. The van der Waals surface area contributed by atoms with Crippen molar-refractivity contribution in [2.45, 2.75) is 20.3 Å². The van der Waals surface area contributed by atoms with E-state index in [2.05, 4.69) is 18.7 Å². The van der Waals surface area contributed by atoms with Crippen LogP contribution in [-0.2, 0) is 4.79 Å². The van der Waals surface area contributed by atoms with Crippen LogP contribution in [0.2, 0.25) is 0 Å². The lowest BCUT2D eigenvalue weighted by Crippen LogP contribution is -2.44. The van der Waals surface area contributed by atoms with E-state index in [0.717, 1.165) is 24.9 Å². The Hall–Kier alpha value is -0.570. The Kier molecular flexibility index (Phi) is 3.93. The molecular weight excluding hydrogens is 176 g/mol. The molecule has 1 amide bonds. The minimum Gasteiger partial charge on any atom is -0.348 e. The number of hydrogen-bond acceptors (Lipinski definition) is 2. The quantitative estimate of drug-likeness (QED) is 0.662. The third-order valence-electron chi connectivity index (χ3n) is 2.80. The fourth-order valence-electron chi connectivity index (χ4n) is 2.25. The van der Waals surface area contributed by atoms with E-state index < -0.39 is 0 Å². The SMILES string of the molecule is CC1CC(C)CN(CC(=O)N(C)C)C1. The zero-order chi connectivity index (χ0) is 10.7. The number of nitrogens with zero attached hydrogens (tertiary/aromatic N) is 2. The van der Waals surface area contributed by atoms with Crippen LogP contribution in [0, 0.1) is 11.8 Å². The Balaban J connectivity index is 2.40. The normalized spacial score (nSPS) is 28.9. The molecular formula is C11H22N2O. The number of carbonyl (C=O) groups is 1. The van der Waals surface area contributed by atoms with Crippen LogP contribution in [0.3, 0.4) is 0 Å². The maximum atomic E-state index is 11.5. The van der Waals surface area contributed by atoms with Gasteiger partial charge in [0.1, 0.15) is 0 Å². The lowest BCUT2D eigenvalue weighted by atomic mass is 9.92. The lowest BCUT2D eigenvalue weighted by molar-refractivity contribution is -0.130. The molecule has 2 atom stereocenters.